The Morgan fingerprint density at radius 3 is 2.77 bits per heavy atom. The molecule has 1 aliphatic rings. The highest BCUT2D eigenvalue weighted by atomic mass is 35.5. The van der Waals surface area contributed by atoms with Crippen LogP contribution in [0.25, 0.3) is 0 Å². The van der Waals surface area contributed by atoms with Crippen molar-refractivity contribution >= 4 is 12.4 Å². The fraction of sp³-hybridized carbons (Fsp3) is 0.400. The smallest absolute Gasteiger partial charge is 0.161 e. The number of rotatable bonds is 6. The second-order valence-electron chi connectivity index (χ2n) is 6.16. The van der Waals surface area contributed by atoms with E-state index in [0.717, 1.165) is 48.8 Å². The van der Waals surface area contributed by atoms with Crippen LogP contribution < -0.4 is 14.8 Å². The summed E-state index contributed by atoms with van der Waals surface area (Å²) in [5, 5.41) is 3.41. The number of ether oxygens (including phenoxy) is 2. The Kier molecular flexibility index (Phi) is 7.69. The van der Waals surface area contributed by atoms with Gasteiger partial charge < -0.3 is 14.8 Å². The molecule has 3 rings (SSSR count). The molecule has 0 saturated carbocycles. The van der Waals surface area contributed by atoms with Crippen LogP contribution in [-0.2, 0) is 6.54 Å². The van der Waals surface area contributed by atoms with Gasteiger partial charge in [0.2, 0.25) is 0 Å². The van der Waals surface area contributed by atoms with Crippen molar-refractivity contribution in [3.63, 3.8) is 0 Å². The fourth-order valence-corrected chi connectivity index (χ4v) is 3.30. The van der Waals surface area contributed by atoms with Gasteiger partial charge in [0.05, 0.1) is 13.7 Å². The van der Waals surface area contributed by atoms with Gasteiger partial charge in [-0.05, 0) is 42.3 Å². The molecule has 4 nitrogen and oxygen atoms in total. The maximum absolute atomic E-state index is 13.6. The maximum Gasteiger partial charge on any atom is 0.161 e. The molecular weight excluding hydrogens is 355 g/mol. The molecule has 1 fully saturated rings. The Morgan fingerprint density at radius 1 is 1.19 bits per heavy atom. The van der Waals surface area contributed by atoms with Crippen molar-refractivity contribution in [2.75, 3.05) is 33.4 Å². The van der Waals surface area contributed by atoms with Crippen molar-refractivity contribution < 1.29 is 13.9 Å². The number of benzene rings is 2. The van der Waals surface area contributed by atoms with E-state index in [0.29, 0.717) is 6.61 Å². The highest BCUT2D eigenvalue weighted by Gasteiger charge is 2.24. The molecule has 1 heterocycles. The van der Waals surface area contributed by atoms with Gasteiger partial charge in [-0.2, -0.15) is 0 Å². The van der Waals surface area contributed by atoms with Gasteiger partial charge in [0.25, 0.3) is 0 Å². The summed E-state index contributed by atoms with van der Waals surface area (Å²) in [5.41, 5.74) is 2.17. The number of nitrogens with one attached hydrogen (secondary N) is 1. The lowest BCUT2D eigenvalue weighted by molar-refractivity contribution is 0.153. The minimum Gasteiger partial charge on any atom is -0.493 e. The van der Waals surface area contributed by atoms with E-state index in [-0.39, 0.29) is 24.3 Å². The molecule has 1 saturated heterocycles. The zero-order valence-electron chi connectivity index (χ0n) is 15.2. The quantitative estimate of drug-likeness (QED) is 0.826. The Labute approximate surface area is 160 Å². The van der Waals surface area contributed by atoms with E-state index in [2.05, 4.69) is 16.3 Å². The Morgan fingerprint density at radius 2 is 2.04 bits per heavy atom. The van der Waals surface area contributed by atoms with Gasteiger partial charge in [-0.3, -0.25) is 4.90 Å². The lowest BCUT2D eigenvalue weighted by Gasteiger charge is -2.36. The molecule has 1 atom stereocenters. The molecule has 0 radical (unpaired) electrons. The number of nitrogens with zero attached hydrogens (tertiary/aromatic N) is 1. The van der Waals surface area contributed by atoms with Gasteiger partial charge in [-0.1, -0.05) is 18.2 Å². The molecule has 6 heteroatoms. The Bertz CT molecular complexity index is 714. The van der Waals surface area contributed by atoms with Crippen molar-refractivity contribution in [1.29, 1.82) is 0 Å². The largest absolute Gasteiger partial charge is 0.493 e. The predicted octanol–water partition coefficient (Wildman–Crippen LogP) is 3.80. The first-order valence-electron chi connectivity index (χ1n) is 8.71. The van der Waals surface area contributed by atoms with Gasteiger partial charge in [-0.15, -0.1) is 12.4 Å². The second-order valence-corrected chi connectivity index (χ2v) is 6.16. The van der Waals surface area contributed by atoms with Crippen LogP contribution in [0.4, 0.5) is 4.39 Å². The Hall–Kier alpha value is -1.82. The third-order valence-corrected chi connectivity index (χ3v) is 4.50. The first kappa shape index (κ1) is 20.5. The lowest BCUT2D eigenvalue weighted by atomic mass is 10.0. The van der Waals surface area contributed by atoms with E-state index in [1.165, 1.54) is 6.07 Å². The molecule has 142 valence electrons. The number of hydrogen-bond donors (Lipinski definition) is 1. The molecule has 26 heavy (non-hydrogen) atoms. The normalized spacial score (nSPS) is 17.4. The third-order valence-electron chi connectivity index (χ3n) is 4.50. The van der Waals surface area contributed by atoms with Gasteiger partial charge in [0, 0.05) is 32.2 Å². The third kappa shape index (κ3) is 4.87. The molecule has 0 aromatic heterocycles. The summed E-state index contributed by atoms with van der Waals surface area (Å²) in [5.74, 6) is 1.32. The van der Waals surface area contributed by atoms with E-state index in [1.807, 2.05) is 25.1 Å². The molecule has 2 aromatic rings. The van der Waals surface area contributed by atoms with Crippen molar-refractivity contribution in [3.05, 3.63) is 59.4 Å². The standard InChI is InChI=1S/C20H25FN2O2.ClH/c1-3-25-20-11-15(7-8-19(20)24-2)14-23-10-9-22-13-18(23)16-5-4-6-17(21)12-16;/h4-8,11-12,18,22H,3,9-10,13-14H2,1-2H3;1H. The van der Waals surface area contributed by atoms with Gasteiger partial charge >= 0.3 is 0 Å². The summed E-state index contributed by atoms with van der Waals surface area (Å²) >= 11 is 0. The molecule has 1 aliphatic heterocycles. The lowest BCUT2D eigenvalue weighted by Crippen LogP contribution is -2.45. The maximum atomic E-state index is 13.6. The van der Waals surface area contributed by atoms with E-state index < -0.39 is 0 Å². The average molecular weight is 381 g/mol. The van der Waals surface area contributed by atoms with Crippen LogP contribution in [0.1, 0.15) is 24.1 Å². The zero-order chi connectivity index (χ0) is 17.6. The van der Waals surface area contributed by atoms with Crippen LogP contribution in [0.15, 0.2) is 42.5 Å². The minimum atomic E-state index is -0.189. The summed E-state index contributed by atoms with van der Waals surface area (Å²) in [7, 11) is 1.65. The summed E-state index contributed by atoms with van der Waals surface area (Å²) in [6, 6.07) is 13.1. The van der Waals surface area contributed by atoms with Crippen LogP contribution in [0.2, 0.25) is 0 Å². The van der Waals surface area contributed by atoms with Crippen molar-refractivity contribution in [2.24, 2.45) is 0 Å². The number of hydrogen-bond acceptors (Lipinski definition) is 4. The highest BCUT2D eigenvalue weighted by molar-refractivity contribution is 5.85. The van der Waals surface area contributed by atoms with Crippen LogP contribution in [0, 0.1) is 5.82 Å². The van der Waals surface area contributed by atoms with Crippen molar-refractivity contribution in [3.8, 4) is 11.5 Å². The Balaban J connectivity index is 0.00000243. The number of methoxy groups -OCH3 is 1. The summed E-state index contributed by atoms with van der Waals surface area (Å²) in [6.07, 6.45) is 0. The molecule has 0 aliphatic carbocycles. The molecule has 1 N–H and O–H groups in total. The topological polar surface area (TPSA) is 33.7 Å². The monoisotopic (exact) mass is 380 g/mol. The van der Waals surface area contributed by atoms with Crippen LogP contribution in [0.5, 0.6) is 11.5 Å². The van der Waals surface area contributed by atoms with Gasteiger partial charge in [0.15, 0.2) is 11.5 Å². The molecule has 0 spiro atoms. The fourth-order valence-electron chi connectivity index (χ4n) is 3.30. The molecule has 0 amide bonds. The van der Waals surface area contributed by atoms with Crippen LogP contribution in [0.3, 0.4) is 0 Å². The van der Waals surface area contributed by atoms with E-state index >= 15 is 0 Å². The van der Waals surface area contributed by atoms with E-state index in [9.17, 15) is 4.39 Å². The molecular formula is C20H26ClFN2O2. The SMILES string of the molecule is CCOc1cc(CN2CCNCC2c2cccc(F)c2)ccc1OC.Cl. The predicted molar refractivity (Wildman–Crippen MR) is 104 cm³/mol. The summed E-state index contributed by atoms with van der Waals surface area (Å²) in [4.78, 5) is 2.38. The zero-order valence-corrected chi connectivity index (χ0v) is 16.0. The van der Waals surface area contributed by atoms with Crippen LogP contribution in [-0.4, -0.2) is 38.3 Å². The highest BCUT2D eigenvalue weighted by Crippen LogP contribution is 2.30. The summed E-state index contributed by atoms with van der Waals surface area (Å²) < 4.78 is 24.7. The van der Waals surface area contributed by atoms with Crippen LogP contribution >= 0.6 is 12.4 Å². The number of halogens is 2. The average Bonchev–Trinajstić information content (AvgIpc) is 2.63. The molecule has 2 aromatic carbocycles. The minimum absolute atomic E-state index is 0. The number of piperazine rings is 1. The summed E-state index contributed by atoms with van der Waals surface area (Å²) in [6.45, 7) is 6.00. The van der Waals surface area contributed by atoms with Gasteiger partial charge in [0.1, 0.15) is 5.82 Å². The molecule has 1 unspecified atom stereocenters. The van der Waals surface area contributed by atoms with E-state index in [4.69, 9.17) is 9.47 Å². The second kappa shape index (κ2) is 9.76. The molecule has 0 bridgehead atoms. The first-order chi connectivity index (χ1) is 12.2. The van der Waals surface area contributed by atoms with Crippen molar-refractivity contribution in [2.45, 2.75) is 19.5 Å². The van der Waals surface area contributed by atoms with Crippen molar-refractivity contribution in [1.82, 2.24) is 10.2 Å². The van der Waals surface area contributed by atoms with Gasteiger partial charge in [-0.25, -0.2) is 4.39 Å². The first-order valence-corrected chi connectivity index (χ1v) is 8.71. The van der Waals surface area contributed by atoms with E-state index in [1.54, 1.807) is 19.2 Å².